The number of carboxylic acids is 1. The van der Waals surface area contributed by atoms with E-state index in [0.717, 1.165) is 74.6 Å². The van der Waals surface area contributed by atoms with Crippen molar-refractivity contribution in [2.24, 2.45) is 13.0 Å². The fourth-order valence-electron chi connectivity index (χ4n) is 4.24. The summed E-state index contributed by atoms with van der Waals surface area (Å²) in [5.74, 6) is 0.352. The number of H-pyrrole nitrogens is 1. The molecular weight excluding hydrogens is 456 g/mol. The molecule has 8 nitrogen and oxygen atoms in total. The minimum absolute atomic E-state index is 0.278. The lowest BCUT2D eigenvalue weighted by molar-refractivity contribution is -0.137. The van der Waals surface area contributed by atoms with E-state index < -0.39 is 5.97 Å². The molecule has 0 aromatic carbocycles. The minimum atomic E-state index is -0.696. The number of imidazole rings is 1. The normalized spacial score (nSPS) is 12.1. The molecular formula is C28H44N4O4. The molecule has 8 heteroatoms. The van der Waals surface area contributed by atoms with E-state index in [-0.39, 0.29) is 17.2 Å². The van der Waals surface area contributed by atoms with Crippen LogP contribution in [0.4, 0.5) is 0 Å². The number of aromatic amines is 1. The van der Waals surface area contributed by atoms with Crippen LogP contribution in [-0.4, -0.2) is 30.2 Å². The third kappa shape index (κ3) is 9.99. The van der Waals surface area contributed by atoms with Gasteiger partial charge in [0, 0.05) is 26.4 Å². The van der Waals surface area contributed by atoms with Gasteiger partial charge < -0.3 is 10.1 Å². The van der Waals surface area contributed by atoms with Crippen LogP contribution in [0.15, 0.2) is 33.9 Å². The van der Waals surface area contributed by atoms with Crippen molar-refractivity contribution >= 4 is 17.1 Å². The summed E-state index contributed by atoms with van der Waals surface area (Å²) in [5, 5.41) is 8.61. The summed E-state index contributed by atoms with van der Waals surface area (Å²) < 4.78 is 2.76. The number of fused-ring (bicyclic) bond motifs is 1. The first-order valence-corrected chi connectivity index (χ1v) is 13.5. The smallest absolute Gasteiger partial charge is 0.332 e. The first kappa shape index (κ1) is 29.3. The van der Waals surface area contributed by atoms with Crippen molar-refractivity contribution in [1.82, 2.24) is 19.1 Å². The second-order valence-electron chi connectivity index (χ2n) is 10.0. The van der Waals surface area contributed by atoms with Crippen molar-refractivity contribution in [3.8, 4) is 0 Å². The Morgan fingerprint density at radius 1 is 0.944 bits per heavy atom. The molecule has 2 N–H and O–H groups in total. The molecule has 0 saturated carbocycles. The van der Waals surface area contributed by atoms with Crippen molar-refractivity contribution < 1.29 is 9.90 Å². The molecule has 2 aromatic rings. The molecule has 0 spiro atoms. The highest BCUT2D eigenvalue weighted by molar-refractivity contribution is 5.69. The van der Waals surface area contributed by atoms with Gasteiger partial charge in [0.05, 0.1) is 0 Å². The van der Waals surface area contributed by atoms with E-state index in [9.17, 15) is 14.4 Å². The Labute approximate surface area is 214 Å². The number of unbranched alkanes of at least 4 members (excludes halogenated alkanes) is 8. The summed E-state index contributed by atoms with van der Waals surface area (Å²) in [5.41, 5.74) is 0.254. The Kier molecular flexibility index (Phi) is 13.0. The van der Waals surface area contributed by atoms with Gasteiger partial charge in [0.2, 0.25) is 0 Å². The quantitative estimate of drug-likeness (QED) is 0.207. The van der Waals surface area contributed by atoms with E-state index in [0.29, 0.717) is 24.1 Å². The molecule has 0 atom stereocenters. The maximum absolute atomic E-state index is 12.5. The Morgan fingerprint density at radius 3 is 2.19 bits per heavy atom. The number of hydrogen-bond acceptors (Lipinski definition) is 4. The topological polar surface area (TPSA) is 110 Å². The predicted molar refractivity (Wildman–Crippen MR) is 145 cm³/mol. The van der Waals surface area contributed by atoms with Gasteiger partial charge >= 0.3 is 11.7 Å². The monoisotopic (exact) mass is 500 g/mol. The molecule has 0 aliphatic rings. The molecule has 0 amide bonds. The number of aliphatic carboxylic acids is 1. The van der Waals surface area contributed by atoms with Crippen molar-refractivity contribution in [3.63, 3.8) is 0 Å². The van der Waals surface area contributed by atoms with Crippen molar-refractivity contribution in [2.45, 2.75) is 104 Å². The maximum atomic E-state index is 12.5. The summed E-state index contributed by atoms with van der Waals surface area (Å²) in [6.07, 6.45) is 21.5. The van der Waals surface area contributed by atoms with Gasteiger partial charge in [-0.15, -0.1) is 0 Å². The molecule has 36 heavy (non-hydrogen) atoms. The van der Waals surface area contributed by atoms with Gasteiger partial charge in [-0.05, 0) is 50.9 Å². The van der Waals surface area contributed by atoms with Crippen LogP contribution in [0.5, 0.6) is 0 Å². The highest BCUT2D eigenvalue weighted by Crippen LogP contribution is 2.12. The zero-order valence-electron chi connectivity index (χ0n) is 22.3. The molecule has 0 saturated heterocycles. The van der Waals surface area contributed by atoms with Crippen molar-refractivity contribution in [3.05, 3.63) is 51.0 Å². The van der Waals surface area contributed by atoms with Crippen molar-refractivity contribution in [2.75, 3.05) is 0 Å². The van der Waals surface area contributed by atoms with Gasteiger partial charge in [0.15, 0.2) is 5.65 Å². The first-order chi connectivity index (χ1) is 17.3. The number of aromatic nitrogens is 4. The molecule has 2 heterocycles. The predicted octanol–water partition coefficient (Wildman–Crippen LogP) is 5.50. The molecule has 200 valence electrons. The maximum Gasteiger partial charge on any atom is 0.332 e. The third-order valence-corrected chi connectivity index (χ3v) is 6.22. The van der Waals surface area contributed by atoms with Gasteiger partial charge in [-0.2, -0.15) is 0 Å². The van der Waals surface area contributed by atoms with Crippen LogP contribution in [0, 0.1) is 5.92 Å². The molecule has 0 aliphatic carbocycles. The second kappa shape index (κ2) is 16.0. The van der Waals surface area contributed by atoms with Gasteiger partial charge in [-0.1, -0.05) is 63.8 Å². The standard InChI is InChI=1S/C28H44N4O4/c1-22(2)21-32-26-25(27(35)31(3)28(32)36)29-23(30-26)19-17-15-13-11-9-7-5-4-6-8-10-12-14-16-18-20-24(33)34/h4,6-7,9,22H,5,8,10-21H2,1-3H3,(H,29,30)(H,33,34)/b6-4-,9-7-. The number of aryl methyl sites for hydroxylation is 1. The van der Waals surface area contributed by atoms with E-state index in [1.807, 2.05) is 13.8 Å². The summed E-state index contributed by atoms with van der Waals surface area (Å²) >= 11 is 0. The van der Waals surface area contributed by atoms with Crippen LogP contribution in [0.3, 0.4) is 0 Å². The van der Waals surface area contributed by atoms with E-state index in [2.05, 4.69) is 34.3 Å². The van der Waals surface area contributed by atoms with E-state index in [4.69, 9.17) is 5.11 Å². The lowest BCUT2D eigenvalue weighted by Gasteiger charge is -2.10. The van der Waals surface area contributed by atoms with E-state index in [1.165, 1.54) is 19.9 Å². The third-order valence-electron chi connectivity index (χ3n) is 6.22. The van der Waals surface area contributed by atoms with Crippen LogP contribution in [-0.2, 0) is 24.8 Å². The first-order valence-electron chi connectivity index (χ1n) is 13.5. The number of nitrogens with one attached hydrogen (secondary N) is 1. The number of allylic oxidation sites excluding steroid dienone is 4. The zero-order chi connectivity index (χ0) is 26.3. The number of rotatable bonds is 18. The van der Waals surface area contributed by atoms with Crippen LogP contribution in [0.1, 0.15) is 96.7 Å². The summed E-state index contributed by atoms with van der Waals surface area (Å²) in [6.45, 7) is 4.62. The molecule has 0 radical (unpaired) electrons. The minimum Gasteiger partial charge on any atom is -0.481 e. The van der Waals surface area contributed by atoms with Crippen LogP contribution in [0.25, 0.3) is 11.2 Å². The van der Waals surface area contributed by atoms with E-state index in [1.54, 1.807) is 4.57 Å². The van der Waals surface area contributed by atoms with Crippen molar-refractivity contribution in [1.29, 1.82) is 0 Å². The molecule has 0 fully saturated rings. The SMILES string of the molecule is CC(C)Cn1c(=O)n(C)c(=O)c2[nH]c(CCCCC/C=C\C/C=C\CCCCCCCC(=O)O)nc21. The number of carbonyl (C=O) groups is 1. The van der Waals surface area contributed by atoms with Gasteiger partial charge in [-0.25, -0.2) is 9.78 Å². The fraction of sp³-hybridized carbons (Fsp3) is 0.643. The fourth-order valence-corrected chi connectivity index (χ4v) is 4.24. The van der Waals surface area contributed by atoms with Crippen LogP contribution < -0.4 is 11.2 Å². The average Bonchev–Trinajstić information content (AvgIpc) is 3.26. The lowest BCUT2D eigenvalue weighted by atomic mass is 10.1. The molecule has 0 aliphatic heterocycles. The second-order valence-corrected chi connectivity index (χ2v) is 10.0. The van der Waals surface area contributed by atoms with Gasteiger partial charge in [0.25, 0.3) is 5.56 Å². The average molecular weight is 501 g/mol. The summed E-state index contributed by atoms with van der Waals surface area (Å²) in [7, 11) is 1.51. The number of carboxylic acid groups (broad SMARTS) is 1. The van der Waals surface area contributed by atoms with Crippen LogP contribution >= 0.6 is 0 Å². The molecule has 2 rings (SSSR count). The molecule has 2 aromatic heterocycles. The Balaban J connectivity index is 1.61. The van der Waals surface area contributed by atoms with Crippen LogP contribution in [0.2, 0.25) is 0 Å². The lowest BCUT2D eigenvalue weighted by Crippen LogP contribution is -2.38. The summed E-state index contributed by atoms with van der Waals surface area (Å²) in [6, 6.07) is 0. The Hall–Kier alpha value is -2.90. The largest absolute Gasteiger partial charge is 0.481 e. The Bertz CT molecular complexity index is 1120. The highest BCUT2D eigenvalue weighted by Gasteiger charge is 2.16. The highest BCUT2D eigenvalue weighted by atomic mass is 16.4. The van der Waals surface area contributed by atoms with E-state index >= 15 is 0 Å². The molecule has 0 unspecified atom stereocenters. The zero-order valence-corrected chi connectivity index (χ0v) is 22.3. The number of nitrogens with zero attached hydrogens (tertiary/aromatic N) is 3. The van der Waals surface area contributed by atoms with Gasteiger partial charge in [-0.3, -0.25) is 18.7 Å². The summed E-state index contributed by atoms with van der Waals surface area (Å²) in [4.78, 5) is 43.2. The molecule has 0 bridgehead atoms. The Morgan fingerprint density at radius 2 is 1.56 bits per heavy atom. The van der Waals surface area contributed by atoms with Gasteiger partial charge in [0.1, 0.15) is 11.3 Å². The number of hydrogen-bond donors (Lipinski definition) is 2.